The number of esters is 1. The largest absolute Gasteiger partial charge is 0.490 e. The summed E-state index contributed by atoms with van der Waals surface area (Å²) in [6.07, 6.45) is 9.50. The van der Waals surface area contributed by atoms with Gasteiger partial charge in [0.15, 0.2) is 0 Å². The fraction of sp³-hybridized carbons (Fsp3) is 0.500. The highest BCUT2D eigenvalue weighted by molar-refractivity contribution is 5.70. The summed E-state index contributed by atoms with van der Waals surface area (Å²) in [7, 11) is 1.38. The van der Waals surface area contributed by atoms with Crippen LogP contribution in [0.15, 0.2) is 36.6 Å². The number of ether oxygens (including phenoxy) is 2. The van der Waals surface area contributed by atoms with Crippen LogP contribution in [-0.2, 0) is 14.3 Å². The molecule has 1 N–H and O–H groups in total. The van der Waals surface area contributed by atoms with Crippen LogP contribution in [0.4, 0.5) is 0 Å². The first-order chi connectivity index (χ1) is 8.76. The van der Waals surface area contributed by atoms with Crippen molar-refractivity contribution in [1.82, 2.24) is 5.32 Å². The number of allylic oxidation sites excluding steroid dienone is 3. The summed E-state index contributed by atoms with van der Waals surface area (Å²) < 4.78 is 10.4. The van der Waals surface area contributed by atoms with Crippen LogP contribution in [-0.4, -0.2) is 32.3 Å². The minimum Gasteiger partial charge on any atom is -0.490 e. The van der Waals surface area contributed by atoms with Gasteiger partial charge in [-0.15, -0.1) is 0 Å². The molecule has 0 aromatic carbocycles. The van der Waals surface area contributed by atoms with Gasteiger partial charge in [0.1, 0.15) is 11.9 Å². The lowest BCUT2D eigenvalue weighted by molar-refractivity contribution is -0.139. The van der Waals surface area contributed by atoms with Crippen molar-refractivity contribution < 1.29 is 14.3 Å². The van der Waals surface area contributed by atoms with Crippen LogP contribution in [0.2, 0.25) is 0 Å². The van der Waals surface area contributed by atoms with E-state index < -0.39 is 0 Å². The van der Waals surface area contributed by atoms with E-state index in [2.05, 4.69) is 16.6 Å². The number of hydrogen-bond acceptors (Lipinski definition) is 4. The summed E-state index contributed by atoms with van der Waals surface area (Å²) in [5, 5.41) is 3.29. The molecule has 0 spiro atoms. The predicted octanol–water partition coefficient (Wildman–Crippen LogP) is 1.94. The van der Waals surface area contributed by atoms with Gasteiger partial charge in [-0.3, -0.25) is 4.79 Å². The lowest BCUT2D eigenvalue weighted by Crippen LogP contribution is -2.32. The third-order valence-corrected chi connectivity index (χ3v) is 2.67. The number of carbonyl (C=O) groups excluding carboxylic acids is 1. The zero-order valence-corrected chi connectivity index (χ0v) is 10.9. The highest BCUT2D eigenvalue weighted by Gasteiger charge is 2.14. The molecule has 0 aromatic rings. The second kappa shape index (κ2) is 8.53. The third-order valence-electron chi connectivity index (χ3n) is 2.67. The first-order valence-electron chi connectivity index (χ1n) is 6.19. The first kappa shape index (κ1) is 14.5. The Morgan fingerprint density at radius 1 is 1.44 bits per heavy atom. The van der Waals surface area contributed by atoms with Gasteiger partial charge in [0.05, 0.1) is 13.5 Å². The first-order valence-corrected chi connectivity index (χ1v) is 6.19. The van der Waals surface area contributed by atoms with Gasteiger partial charge in [-0.25, -0.2) is 0 Å². The minimum atomic E-state index is -0.258. The Hall–Kier alpha value is -1.55. The van der Waals surface area contributed by atoms with Gasteiger partial charge in [-0.05, 0) is 38.1 Å². The zero-order chi connectivity index (χ0) is 13.2. The van der Waals surface area contributed by atoms with Crippen LogP contribution in [0.3, 0.4) is 0 Å². The van der Waals surface area contributed by atoms with E-state index in [1.165, 1.54) is 7.11 Å². The molecule has 0 unspecified atom stereocenters. The van der Waals surface area contributed by atoms with Gasteiger partial charge < -0.3 is 14.8 Å². The van der Waals surface area contributed by atoms with Crippen LogP contribution in [0.5, 0.6) is 0 Å². The Labute approximate surface area is 108 Å². The fourth-order valence-corrected chi connectivity index (χ4v) is 1.71. The summed E-state index contributed by atoms with van der Waals surface area (Å²) in [4.78, 5) is 11.0. The van der Waals surface area contributed by atoms with E-state index in [1.54, 1.807) is 24.3 Å². The summed E-state index contributed by atoms with van der Waals surface area (Å²) in [5.41, 5.74) is 0. The van der Waals surface area contributed by atoms with Crippen LogP contribution in [0.1, 0.15) is 19.3 Å². The quantitative estimate of drug-likeness (QED) is 0.445. The highest BCUT2D eigenvalue weighted by Crippen LogP contribution is 2.13. The van der Waals surface area contributed by atoms with Crippen molar-refractivity contribution in [3.05, 3.63) is 36.6 Å². The Kier molecular flexibility index (Phi) is 6.87. The normalized spacial score (nSPS) is 17.7. The van der Waals surface area contributed by atoms with Crippen molar-refractivity contribution in [3.63, 3.8) is 0 Å². The molecule has 1 rings (SSSR count). The lowest BCUT2D eigenvalue weighted by atomic mass is 10.1. The molecular formula is C14H21NO3. The molecule has 0 bridgehead atoms. The molecular weight excluding hydrogens is 230 g/mol. The van der Waals surface area contributed by atoms with Gasteiger partial charge in [-0.1, -0.05) is 18.7 Å². The number of hydrogen-bond donors (Lipinski definition) is 1. The average Bonchev–Trinajstić information content (AvgIpc) is 2.40. The van der Waals surface area contributed by atoms with Gasteiger partial charge >= 0.3 is 5.97 Å². The fourth-order valence-electron chi connectivity index (χ4n) is 1.71. The Morgan fingerprint density at radius 2 is 2.17 bits per heavy atom. The molecule has 1 heterocycles. The molecule has 1 aliphatic heterocycles. The molecule has 0 aliphatic carbocycles. The SMILES string of the molecule is C=C/C=C(\C=C/CC(=O)OC)OC1CCNCC1. The number of rotatable bonds is 6. The maximum absolute atomic E-state index is 11.0. The van der Waals surface area contributed by atoms with Crippen molar-refractivity contribution in [2.75, 3.05) is 20.2 Å². The van der Waals surface area contributed by atoms with E-state index in [9.17, 15) is 4.79 Å². The van der Waals surface area contributed by atoms with E-state index >= 15 is 0 Å². The van der Waals surface area contributed by atoms with Crippen LogP contribution in [0.25, 0.3) is 0 Å². The molecule has 0 radical (unpaired) electrons. The summed E-state index contributed by atoms with van der Waals surface area (Å²) in [6, 6.07) is 0. The molecule has 4 nitrogen and oxygen atoms in total. The summed E-state index contributed by atoms with van der Waals surface area (Å²) in [6.45, 7) is 5.63. The number of methoxy groups -OCH3 is 1. The van der Waals surface area contributed by atoms with Gasteiger partial charge in [0.25, 0.3) is 0 Å². The number of nitrogens with one attached hydrogen (secondary N) is 1. The molecule has 4 heteroatoms. The average molecular weight is 251 g/mol. The summed E-state index contributed by atoms with van der Waals surface area (Å²) in [5.74, 6) is 0.479. The van der Waals surface area contributed by atoms with Crippen molar-refractivity contribution in [2.24, 2.45) is 0 Å². The lowest BCUT2D eigenvalue weighted by Gasteiger charge is -2.24. The molecule has 0 aromatic heterocycles. The van der Waals surface area contributed by atoms with E-state index in [4.69, 9.17) is 4.74 Å². The van der Waals surface area contributed by atoms with Gasteiger partial charge in [0.2, 0.25) is 0 Å². The molecule has 0 atom stereocenters. The van der Waals surface area contributed by atoms with Crippen LogP contribution < -0.4 is 5.32 Å². The Bertz CT molecular complexity index is 328. The van der Waals surface area contributed by atoms with Crippen molar-refractivity contribution in [2.45, 2.75) is 25.4 Å². The Morgan fingerprint density at radius 3 is 2.78 bits per heavy atom. The maximum Gasteiger partial charge on any atom is 0.309 e. The molecule has 0 saturated carbocycles. The molecule has 1 fully saturated rings. The predicted molar refractivity (Wildman–Crippen MR) is 71.0 cm³/mol. The van der Waals surface area contributed by atoms with Crippen molar-refractivity contribution in [3.8, 4) is 0 Å². The standard InChI is InChI=1S/C14H21NO3/c1-3-5-12(6-4-7-14(16)17-2)18-13-8-10-15-11-9-13/h3-6,13,15H,1,7-11H2,2H3/b6-4-,12-5+. The topological polar surface area (TPSA) is 47.6 Å². The number of carbonyl (C=O) groups is 1. The molecule has 0 amide bonds. The van der Waals surface area contributed by atoms with Gasteiger partial charge in [-0.2, -0.15) is 0 Å². The Balaban J connectivity index is 2.46. The van der Waals surface area contributed by atoms with E-state index in [0.717, 1.165) is 31.7 Å². The molecule has 1 saturated heterocycles. The highest BCUT2D eigenvalue weighted by atomic mass is 16.5. The van der Waals surface area contributed by atoms with E-state index in [0.29, 0.717) is 0 Å². The second-order valence-corrected chi connectivity index (χ2v) is 4.05. The number of piperidine rings is 1. The minimum absolute atomic E-state index is 0.236. The molecule has 18 heavy (non-hydrogen) atoms. The van der Waals surface area contributed by atoms with E-state index in [1.807, 2.05) is 0 Å². The van der Waals surface area contributed by atoms with Crippen molar-refractivity contribution in [1.29, 1.82) is 0 Å². The molecule has 100 valence electrons. The second-order valence-electron chi connectivity index (χ2n) is 4.05. The van der Waals surface area contributed by atoms with Crippen LogP contribution in [0, 0.1) is 0 Å². The zero-order valence-electron chi connectivity index (χ0n) is 10.9. The third kappa shape index (κ3) is 5.68. The maximum atomic E-state index is 11.0. The van der Waals surface area contributed by atoms with Gasteiger partial charge in [0, 0.05) is 0 Å². The summed E-state index contributed by atoms with van der Waals surface area (Å²) >= 11 is 0. The van der Waals surface area contributed by atoms with E-state index in [-0.39, 0.29) is 18.5 Å². The van der Waals surface area contributed by atoms with Crippen molar-refractivity contribution >= 4 is 5.97 Å². The monoisotopic (exact) mass is 251 g/mol. The molecule has 1 aliphatic rings. The smallest absolute Gasteiger partial charge is 0.309 e. The van der Waals surface area contributed by atoms with Crippen LogP contribution >= 0.6 is 0 Å².